The fourth-order valence-corrected chi connectivity index (χ4v) is 3.62. The summed E-state index contributed by atoms with van der Waals surface area (Å²) in [5, 5.41) is 3.12. The summed E-state index contributed by atoms with van der Waals surface area (Å²) in [4.78, 5) is 16.8. The average molecular weight is 364 g/mol. The van der Waals surface area contributed by atoms with Crippen LogP contribution in [0, 0.1) is 0 Å². The van der Waals surface area contributed by atoms with E-state index in [0.29, 0.717) is 12.4 Å². The van der Waals surface area contributed by atoms with Crippen molar-refractivity contribution >= 4 is 27.4 Å². The van der Waals surface area contributed by atoms with Gasteiger partial charge in [-0.1, -0.05) is 6.08 Å². The summed E-state index contributed by atoms with van der Waals surface area (Å²) in [7, 11) is 2.04. The maximum absolute atomic E-state index is 5.87. The van der Waals surface area contributed by atoms with Crippen LogP contribution < -0.4 is 4.90 Å². The Morgan fingerprint density at radius 1 is 1.23 bits per heavy atom. The van der Waals surface area contributed by atoms with Crippen LogP contribution in [0.25, 0.3) is 21.6 Å². The summed E-state index contributed by atoms with van der Waals surface area (Å²) in [6.07, 6.45) is 12.0. The molecule has 0 fully saturated rings. The first-order valence-corrected chi connectivity index (χ1v) is 9.55. The highest BCUT2D eigenvalue weighted by molar-refractivity contribution is 7.16. The molecule has 0 radical (unpaired) electrons. The Hall–Kier alpha value is -2.73. The van der Waals surface area contributed by atoms with Gasteiger partial charge in [-0.2, -0.15) is 0 Å². The zero-order valence-corrected chi connectivity index (χ0v) is 15.4. The number of ether oxygens (including phenoxy) is 1. The quantitative estimate of drug-likeness (QED) is 0.647. The lowest BCUT2D eigenvalue weighted by Crippen LogP contribution is -2.24. The van der Waals surface area contributed by atoms with E-state index in [1.165, 1.54) is 0 Å². The number of anilines is 1. The van der Waals surface area contributed by atoms with Gasteiger partial charge >= 0.3 is 0 Å². The summed E-state index contributed by atoms with van der Waals surface area (Å²) in [6, 6.07) is 5.96. The molecule has 0 saturated carbocycles. The first-order chi connectivity index (χ1) is 12.8. The molecule has 0 atom stereocenters. The van der Waals surface area contributed by atoms with Gasteiger partial charge in [-0.15, -0.1) is 11.3 Å². The standard InChI is InChI=1S/C20H20N4OS/c1-24(11-12-25-16-7-3-2-4-8-16)19-17-9-13-26-20(17)23-18(22-19)15-6-5-10-21-14-15/h3,5-10,13-14H,2,4,11-12H2,1H3. The van der Waals surface area contributed by atoms with E-state index in [0.717, 1.165) is 46.7 Å². The summed E-state index contributed by atoms with van der Waals surface area (Å²) >= 11 is 1.63. The Morgan fingerprint density at radius 2 is 2.19 bits per heavy atom. The fraction of sp³-hybridized carbons (Fsp3) is 0.250. The number of likely N-dealkylation sites (N-methyl/N-ethyl adjacent to an activating group) is 1. The molecule has 1 aliphatic carbocycles. The minimum Gasteiger partial charge on any atom is -0.492 e. The summed E-state index contributed by atoms with van der Waals surface area (Å²) < 4.78 is 5.87. The van der Waals surface area contributed by atoms with E-state index in [4.69, 9.17) is 14.7 Å². The minimum absolute atomic E-state index is 0.616. The zero-order valence-electron chi connectivity index (χ0n) is 14.6. The van der Waals surface area contributed by atoms with Crippen molar-refractivity contribution in [1.29, 1.82) is 0 Å². The van der Waals surface area contributed by atoms with Crippen LogP contribution in [0.4, 0.5) is 5.82 Å². The number of fused-ring (bicyclic) bond motifs is 1. The summed E-state index contributed by atoms with van der Waals surface area (Å²) in [5.74, 6) is 2.59. The first kappa shape index (κ1) is 16.7. The number of allylic oxidation sites excluding steroid dienone is 3. The topological polar surface area (TPSA) is 51.1 Å². The molecule has 5 nitrogen and oxygen atoms in total. The molecule has 0 aliphatic heterocycles. The maximum atomic E-state index is 5.87. The van der Waals surface area contributed by atoms with Gasteiger partial charge < -0.3 is 9.64 Å². The molecule has 0 spiro atoms. The highest BCUT2D eigenvalue weighted by Gasteiger charge is 2.14. The Kier molecular flexibility index (Phi) is 4.93. The van der Waals surface area contributed by atoms with Crippen molar-refractivity contribution in [3.05, 3.63) is 60.0 Å². The molecular formula is C20H20N4OS. The van der Waals surface area contributed by atoms with Crippen molar-refractivity contribution in [2.45, 2.75) is 12.8 Å². The minimum atomic E-state index is 0.616. The number of pyridine rings is 1. The van der Waals surface area contributed by atoms with E-state index in [1.807, 2.05) is 25.3 Å². The lowest BCUT2D eigenvalue weighted by atomic mass is 10.2. The molecule has 1 aliphatic rings. The molecule has 0 saturated heterocycles. The van der Waals surface area contributed by atoms with Gasteiger partial charge in [0, 0.05) is 25.0 Å². The third-order valence-electron chi connectivity index (χ3n) is 4.24. The highest BCUT2D eigenvalue weighted by Crippen LogP contribution is 2.30. The van der Waals surface area contributed by atoms with E-state index in [-0.39, 0.29) is 0 Å². The molecule has 6 heteroatoms. The number of aromatic nitrogens is 3. The Morgan fingerprint density at radius 3 is 3.00 bits per heavy atom. The molecule has 3 aromatic rings. The van der Waals surface area contributed by atoms with Crippen LogP contribution in [0.3, 0.4) is 0 Å². The second kappa shape index (κ2) is 7.66. The third-order valence-corrected chi connectivity index (χ3v) is 5.05. The fourth-order valence-electron chi connectivity index (χ4n) is 2.86. The smallest absolute Gasteiger partial charge is 0.164 e. The van der Waals surface area contributed by atoms with Crippen molar-refractivity contribution in [3.63, 3.8) is 0 Å². The molecule has 0 unspecified atom stereocenters. The van der Waals surface area contributed by atoms with Gasteiger partial charge in [0.15, 0.2) is 5.82 Å². The van der Waals surface area contributed by atoms with Crippen molar-refractivity contribution < 1.29 is 4.74 Å². The van der Waals surface area contributed by atoms with E-state index >= 15 is 0 Å². The molecule has 26 heavy (non-hydrogen) atoms. The summed E-state index contributed by atoms with van der Waals surface area (Å²) in [6.45, 7) is 1.37. The van der Waals surface area contributed by atoms with Crippen molar-refractivity contribution in [2.75, 3.05) is 25.1 Å². The molecular weight excluding hydrogens is 344 g/mol. The van der Waals surface area contributed by atoms with Crippen LogP contribution in [0.2, 0.25) is 0 Å². The van der Waals surface area contributed by atoms with Crippen LogP contribution in [0.5, 0.6) is 0 Å². The molecule has 0 amide bonds. The summed E-state index contributed by atoms with van der Waals surface area (Å²) in [5.41, 5.74) is 0.922. The second-order valence-corrected chi connectivity index (χ2v) is 7.00. The molecule has 4 rings (SSSR count). The first-order valence-electron chi connectivity index (χ1n) is 8.67. The predicted octanol–water partition coefficient (Wildman–Crippen LogP) is 4.44. The lowest BCUT2D eigenvalue weighted by molar-refractivity contribution is 0.230. The number of hydrogen-bond acceptors (Lipinski definition) is 6. The molecule has 132 valence electrons. The van der Waals surface area contributed by atoms with Crippen LogP contribution in [-0.4, -0.2) is 35.2 Å². The van der Waals surface area contributed by atoms with Gasteiger partial charge in [-0.3, -0.25) is 4.98 Å². The van der Waals surface area contributed by atoms with E-state index in [2.05, 4.69) is 33.5 Å². The third kappa shape index (κ3) is 3.60. The van der Waals surface area contributed by atoms with Crippen molar-refractivity contribution in [2.24, 2.45) is 0 Å². The van der Waals surface area contributed by atoms with Crippen molar-refractivity contribution in [1.82, 2.24) is 15.0 Å². The van der Waals surface area contributed by atoms with E-state index in [9.17, 15) is 0 Å². The molecule has 3 aromatic heterocycles. The van der Waals surface area contributed by atoms with Crippen LogP contribution in [0.15, 0.2) is 60.0 Å². The zero-order chi connectivity index (χ0) is 17.8. The van der Waals surface area contributed by atoms with Crippen LogP contribution >= 0.6 is 11.3 Å². The van der Waals surface area contributed by atoms with Gasteiger partial charge in [0.1, 0.15) is 23.0 Å². The van der Waals surface area contributed by atoms with E-state index in [1.54, 1.807) is 23.7 Å². The van der Waals surface area contributed by atoms with Gasteiger partial charge in [-0.25, -0.2) is 9.97 Å². The van der Waals surface area contributed by atoms with Gasteiger partial charge in [0.2, 0.25) is 0 Å². The normalized spacial score (nSPS) is 13.7. The maximum Gasteiger partial charge on any atom is 0.164 e. The lowest BCUT2D eigenvalue weighted by Gasteiger charge is -2.20. The molecule has 0 N–H and O–H groups in total. The van der Waals surface area contributed by atoms with Crippen LogP contribution in [-0.2, 0) is 4.74 Å². The molecule has 0 aromatic carbocycles. The van der Waals surface area contributed by atoms with Crippen LogP contribution in [0.1, 0.15) is 12.8 Å². The monoisotopic (exact) mass is 364 g/mol. The van der Waals surface area contributed by atoms with Gasteiger partial charge in [0.25, 0.3) is 0 Å². The second-order valence-electron chi connectivity index (χ2n) is 6.11. The van der Waals surface area contributed by atoms with Gasteiger partial charge in [-0.05, 0) is 48.6 Å². The largest absolute Gasteiger partial charge is 0.492 e. The van der Waals surface area contributed by atoms with Gasteiger partial charge in [0.05, 0.1) is 11.9 Å². The SMILES string of the molecule is CN(CCOC1=CCCC=C1)c1nc(-c2cccnc2)nc2sccc12. The molecule has 3 heterocycles. The van der Waals surface area contributed by atoms with Crippen molar-refractivity contribution in [3.8, 4) is 11.4 Å². The number of hydrogen-bond donors (Lipinski definition) is 0. The number of rotatable bonds is 6. The van der Waals surface area contributed by atoms with E-state index < -0.39 is 0 Å². The Bertz CT molecular complexity index is 949. The number of nitrogens with zero attached hydrogens (tertiary/aromatic N) is 4. The highest BCUT2D eigenvalue weighted by atomic mass is 32.1. The Labute approximate surface area is 156 Å². The number of thiophene rings is 1. The average Bonchev–Trinajstić information content (AvgIpc) is 3.17. The molecule has 0 bridgehead atoms. The Balaban J connectivity index is 1.55. The predicted molar refractivity (Wildman–Crippen MR) is 106 cm³/mol.